The first-order valence-corrected chi connectivity index (χ1v) is 12.5. The lowest BCUT2D eigenvalue weighted by Crippen LogP contribution is -2.62. The minimum absolute atomic E-state index is 0.0219. The first-order valence-electron chi connectivity index (χ1n) is 10.6. The molecule has 4 rings (SSSR count). The Bertz CT molecular complexity index is 832. The van der Waals surface area contributed by atoms with Crippen LogP contribution in [0, 0.1) is 18.8 Å². The van der Waals surface area contributed by atoms with Crippen LogP contribution in [0.15, 0.2) is 18.2 Å². The fourth-order valence-electron chi connectivity index (χ4n) is 4.36. The van der Waals surface area contributed by atoms with E-state index in [0.29, 0.717) is 19.0 Å². The van der Waals surface area contributed by atoms with Gasteiger partial charge in [0.15, 0.2) is 0 Å². The van der Waals surface area contributed by atoms with Crippen LogP contribution in [0.3, 0.4) is 0 Å². The van der Waals surface area contributed by atoms with Gasteiger partial charge in [0.1, 0.15) is 0 Å². The summed E-state index contributed by atoms with van der Waals surface area (Å²) in [5.41, 5.74) is 8.05. The Labute approximate surface area is 178 Å². The molecular weight excluding hydrogens is 410 g/mol. The van der Waals surface area contributed by atoms with E-state index in [2.05, 4.69) is 26.3 Å². The summed E-state index contributed by atoms with van der Waals surface area (Å²) in [6.45, 7) is 5.78. The fraction of sp³-hybridized carbons (Fsp3) is 0.700. The van der Waals surface area contributed by atoms with Crippen LogP contribution < -0.4 is 21.1 Å². The molecule has 0 amide bonds. The van der Waals surface area contributed by atoms with E-state index in [1.54, 1.807) is 0 Å². The predicted octanol–water partition coefficient (Wildman–Crippen LogP) is 1.14. The Morgan fingerprint density at radius 3 is 2.76 bits per heavy atom. The molecule has 1 saturated carbocycles. The summed E-state index contributed by atoms with van der Waals surface area (Å²) in [5.74, 6) is 0.639. The number of nitrogens with two attached hydrogens (primary N) is 1. The SMILES string of the molecule is Cc1ccc(C2NCC(CNS(=O)(=O)C3CC3)C(N3CCC(CN)C3)N2)cc1Cl. The number of hydrogen-bond acceptors (Lipinski definition) is 6. The van der Waals surface area contributed by atoms with Crippen molar-refractivity contribution in [1.29, 1.82) is 0 Å². The summed E-state index contributed by atoms with van der Waals surface area (Å²) < 4.78 is 27.5. The second-order valence-corrected chi connectivity index (χ2v) is 11.2. The third kappa shape index (κ3) is 4.95. The number of nitrogens with zero attached hydrogens (tertiary/aromatic N) is 1. The van der Waals surface area contributed by atoms with Gasteiger partial charge < -0.3 is 5.73 Å². The fourth-order valence-corrected chi connectivity index (χ4v) is 5.99. The number of benzene rings is 1. The van der Waals surface area contributed by atoms with E-state index in [4.69, 9.17) is 17.3 Å². The van der Waals surface area contributed by atoms with E-state index >= 15 is 0 Å². The first-order chi connectivity index (χ1) is 13.9. The van der Waals surface area contributed by atoms with Gasteiger partial charge in [0.25, 0.3) is 0 Å². The number of halogens is 1. The third-order valence-electron chi connectivity index (χ3n) is 6.45. The maximum atomic E-state index is 12.3. The lowest BCUT2D eigenvalue weighted by molar-refractivity contribution is 0.0821. The van der Waals surface area contributed by atoms with E-state index in [9.17, 15) is 8.42 Å². The zero-order valence-electron chi connectivity index (χ0n) is 16.9. The molecule has 0 radical (unpaired) electrons. The topological polar surface area (TPSA) is 99.5 Å². The van der Waals surface area contributed by atoms with Crippen LogP contribution >= 0.6 is 11.6 Å². The first kappa shape index (κ1) is 21.5. The van der Waals surface area contributed by atoms with Crippen molar-refractivity contribution in [3.63, 3.8) is 0 Å². The average Bonchev–Trinajstić information content (AvgIpc) is 3.47. The van der Waals surface area contributed by atoms with Crippen LogP contribution in [0.25, 0.3) is 0 Å². The van der Waals surface area contributed by atoms with Gasteiger partial charge in [-0.3, -0.25) is 15.5 Å². The van der Waals surface area contributed by atoms with Gasteiger partial charge in [-0.25, -0.2) is 13.1 Å². The van der Waals surface area contributed by atoms with Crippen molar-refractivity contribution in [1.82, 2.24) is 20.3 Å². The van der Waals surface area contributed by atoms with Crippen molar-refractivity contribution in [2.45, 2.75) is 43.8 Å². The molecule has 1 aliphatic carbocycles. The summed E-state index contributed by atoms with van der Waals surface area (Å²) in [6, 6.07) is 6.12. The second kappa shape index (κ2) is 8.78. The zero-order chi connectivity index (χ0) is 20.6. The van der Waals surface area contributed by atoms with Crippen molar-refractivity contribution >= 4 is 21.6 Å². The Morgan fingerprint density at radius 2 is 2.10 bits per heavy atom. The van der Waals surface area contributed by atoms with Gasteiger partial charge in [-0.15, -0.1) is 0 Å². The maximum Gasteiger partial charge on any atom is 0.214 e. The lowest BCUT2D eigenvalue weighted by Gasteiger charge is -2.43. The molecule has 5 N–H and O–H groups in total. The molecule has 4 atom stereocenters. The number of hydrogen-bond donors (Lipinski definition) is 4. The highest BCUT2D eigenvalue weighted by Gasteiger charge is 2.40. The third-order valence-corrected chi connectivity index (χ3v) is 8.78. The van der Waals surface area contributed by atoms with Crippen molar-refractivity contribution in [2.24, 2.45) is 17.6 Å². The Balaban J connectivity index is 1.48. The van der Waals surface area contributed by atoms with Gasteiger partial charge in [0.05, 0.1) is 17.6 Å². The van der Waals surface area contributed by atoms with Crippen molar-refractivity contribution in [2.75, 3.05) is 32.7 Å². The zero-order valence-corrected chi connectivity index (χ0v) is 18.5. The molecule has 0 aromatic heterocycles. The van der Waals surface area contributed by atoms with Gasteiger partial charge >= 0.3 is 0 Å². The maximum absolute atomic E-state index is 12.3. The summed E-state index contributed by atoms with van der Waals surface area (Å²) in [6.07, 6.45) is 2.70. The second-order valence-electron chi connectivity index (χ2n) is 8.70. The summed E-state index contributed by atoms with van der Waals surface area (Å²) in [4.78, 5) is 2.43. The average molecular weight is 442 g/mol. The van der Waals surface area contributed by atoms with E-state index in [1.165, 1.54) is 0 Å². The monoisotopic (exact) mass is 441 g/mol. The van der Waals surface area contributed by atoms with Gasteiger partial charge in [0, 0.05) is 37.1 Å². The van der Waals surface area contributed by atoms with E-state index in [-0.39, 0.29) is 23.5 Å². The standard InChI is InChI=1S/C20H32ClN5O2S/c1-13-2-3-15(8-18(13)21)19-23-10-16(11-24-29(27,28)17-4-5-17)20(25-19)26-7-6-14(9-22)12-26/h2-3,8,14,16-17,19-20,23-25H,4-7,9-12,22H2,1H3. The van der Waals surface area contributed by atoms with Crippen molar-refractivity contribution in [3.05, 3.63) is 34.3 Å². The summed E-state index contributed by atoms with van der Waals surface area (Å²) in [5, 5.41) is 7.81. The smallest absolute Gasteiger partial charge is 0.214 e. The van der Waals surface area contributed by atoms with E-state index < -0.39 is 10.0 Å². The predicted molar refractivity (Wildman–Crippen MR) is 116 cm³/mol. The molecule has 29 heavy (non-hydrogen) atoms. The number of rotatable bonds is 7. The molecule has 3 aliphatic rings. The van der Waals surface area contributed by atoms with E-state index in [0.717, 1.165) is 55.0 Å². The molecule has 7 nitrogen and oxygen atoms in total. The highest BCUT2D eigenvalue weighted by atomic mass is 35.5. The highest BCUT2D eigenvalue weighted by Crippen LogP contribution is 2.29. The lowest BCUT2D eigenvalue weighted by atomic mass is 9.99. The molecule has 1 aromatic rings. The van der Waals surface area contributed by atoms with Crippen LogP contribution in [0.2, 0.25) is 5.02 Å². The van der Waals surface area contributed by atoms with Gasteiger partial charge in [-0.05, 0) is 55.8 Å². The number of sulfonamides is 1. The van der Waals surface area contributed by atoms with Crippen molar-refractivity contribution in [3.8, 4) is 0 Å². The molecule has 3 fully saturated rings. The Hall–Kier alpha value is -0.740. The molecule has 2 heterocycles. The molecule has 2 saturated heterocycles. The largest absolute Gasteiger partial charge is 0.330 e. The molecule has 1 aromatic carbocycles. The molecule has 9 heteroatoms. The highest BCUT2D eigenvalue weighted by molar-refractivity contribution is 7.90. The van der Waals surface area contributed by atoms with Crippen LogP contribution in [0.5, 0.6) is 0 Å². The quantitative estimate of drug-likeness (QED) is 0.506. The number of aryl methyl sites for hydroxylation is 1. The number of likely N-dealkylation sites (tertiary alicyclic amines) is 1. The summed E-state index contributed by atoms with van der Waals surface area (Å²) >= 11 is 6.34. The van der Waals surface area contributed by atoms with Gasteiger partial charge in [-0.2, -0.15) is 0 Å². The number of nitrogens with one attached hydrogen (secondary N) is 3. The molecular formula is C20H32ClN5O2S. The van der Waals surface area contributed by atoms with Crippen LogP contribution in [-0.4, -0.2) is 57.5 Å². The molecule has 0 bridgehead atoms. The summed E-state index contributed by atoms with van der Waals surface area (Å²) in [7, 11) is -3.19. The van der Waals surface area contributed by atoms with Crippen molar-refractivity contribution < 1.29 is 8.42 Å². The van der Waals surface area contributed by atoms with Crippen LogP contribution in [0.1, 0.15) is 36.6 Å². The van der Waals surface area contributed by atoms with E-state index in [1.807, 2.05) is 19.1 Å². The van der Waals surface area contributed by atoms with Gasteiger partial charge in [-0.1, -0.05) is 23.7 Å². The van der Waals surface area contributed by atoms with Crippen LogP contribution in [-0.2, 0) is 10.0 Å². The minimum Gasteiger partial charge on any atom is -0.330 e. The van der Waals surface area contributed by atoms with Gasteiger partial charge in [0.2, 0.25) is 10.0 Å². The molecule has 162 valence electrons. The Kier molecular flexibility index (Phi) is 6.51. The minimum atomic E-state index is -3.19. The molecule has 2 aliphatic heterocycles. The Morgan fingerprint density at radius 1 is 1.31 bits per heavy atom. The van der Waals surface area contributed by atoms with Crippen LogP contribution in [0.4, 0.5) is 0 Å². The molecule has 4 unspecified atom stereocenters. The normalized spacial score (nSPS) is 31.3. The molecule has 0 spiro atoms.